The normalized spacial score (nSPS) is 18.4. The van der Waals surface area contributed by atoms with E-state index in [1.165, 1.54) is 16.9 Å². The quantitative estimate of drug-likeness (QED) is 0.852. The number of hydrogen-bond acceptors (Lipinski definition) is 3. The number of nitrogens with zero attached hydrogens (tertiary/aromatic N) is 3. The van der Waals surface area contributed by atoms with Crippen molar-refractivity contribution in [2.45, 2.75) is 25.8 Å². The molecule has 2 aliphatic rings. The van der Waals surface area contributed by atoms with Crippen molar-refractivity contribution in [2.24, 2.45) is 0 Å². The minimum atomic E-state index is -0.0975. The molecule has 4 rings (SSSR count). The molecule has 2 heterocycles. The van der Waals surface area contributed by atoms with Gasteiger partial charge in [0.2, 0.25) is 5.91 Å². The Labute approximate surface area is 156 Å². The van der Waals surface area contributed by atoms with Gasteiger partial charge >= 0.3 is 0 Å². The zero-order valence-electron chi connectivity index (χ0n) is 15.5. The van der Waals surface area contributed by atoms with Gasteiger partial charge in [-0.1, -0.05) is 36.4 Å². The second-order valence-corrected chi connectivity index (χ2v) is 7.25. The molecular formula is C22H27N3O. The largest absolute Gasteiger partial charge is 0.368 e. The van der Waals surface area contributed by atoms with E-state index in [4.69, 9.17) is 0 Å². The molecule has 1 amide bonds. The lowest BCUT2D eigenvalue weighted by atomic mass is 10.00. The van der Waals surface area contributed by atoms with Crippen LogP contribution in [0.1, 0.15) is 18.9 Å². The number of carbonyl (C=O) groups excluding carboxylic acids is 1. The molecule has 1 unspecified atom stereocenters. The molecule has 0 N–H and O–H groups in total. The molecule has 2 aromatic carbocycles. The summed E-state index contributed by atoms with van der Waals surface area (Å²) in [5.41, 5.74) is 3.85. The van der Waals surface area contributed by atoms with Crippen LogP contribution in [-0.4, -0.2) is 49.6 Å². The van der Waals surface area contributed by atoms with E-state index in [0.29, 0.717) is 0 Å². The highest BCUT2D eigenvalue weighted by molar-refractivity contribution is 5.85. The number of hydrogen-bond donors (Lipinski definition) is 0. The van der Waals surface area contributed by atoms with Gasteiger partial charge in [-0.3, -0.25) is 4.79 Å². The number of anilines is 2. The smallest absolute Gasteiger partial charge is 0.245 e. The molecule has 1 saturated heterocycles. The molecule has 0 bridgehead atoms. The summed E-state index contributed by atoms with van der Waals surface area (Å²) in [6.45, 7) is 6.43. The van der Waals surface area contributed by atoms with Crippen LogP contribution >= 0.6 is 0 Å². The van der Waals surface area contributed by atoms with E-state index in [2.05, 4.69) is 65.3 Å². The second-order valence-electron chi connectivity index (χ2n) is 7.25. The maximum atomic E-state index is 13.1. The van der Waals surface area contributed by atoms with Gasteiger partial charge in [0.25, 0.3) is 0 Å². The second kappa shape index (κ2) is 7.40. The fourth-order valence-corrected chi connectivity index (χ4v) is 4.19. The van der Waals surface area contributed by atoms with Crippen LogP contribution in [0.3, 0.4) is 0 Å². The Morgan fingerprint density at radius 3 is 2.35 bits per heavy atom. The van der Waals surface area contributed by atoms with Gasteiger partial charge in [0.05, 0.1) is 0 Å². The minimum Gasteiger partial charge on any atom is -0.368 e. The Morgan fingerprint density at radius 1 is 0.885 bits per heavy atom. The lowest BCUT2D eigenvalue weighted by Crippen LogP contribution is -2.55. The molecule has 0 radical (unpaired) electrons. The molecule has 1 fully saturated rings. The van der Waals surface area contributed by atoms with Crippen molar-refractivity contribution in [3.8, 4) is 0 Å². The molecule has 1 atom stereocenters. The van der Waals surface area contributed by atoms with E-state index < -0.39 is 0 Å². The number of para-hydroxylation sites is 2. The van der Waals surface area contributed by atoms with Gasteiger partial charge in [-0.2, -0.15) is 0 Å². The van der Waals surface area contributed by atoms with Crippen molar-refractivity contribution >= 4 is 17.3 Å². The number of benzene rings is 2. The van der Waals surface area contributed by atoms with Crippen LogP contribution in [-0.2, 0) is 11.2 Å². The molecule has 0 aromatic heterocycles. The van der Waals surface area contributed by atoms with Gasteiger partial charge in [-0.05, 0) is 43.5 Å². The minimum absolute atomic E-state index is 0.0975. The van der Waals surface area contributed by atoms with Crippen LogP contribution in [0.2, 0.25) is 0 Å². The molecule has 0 aliphatic carbocycles. The molecule has 0 saturated carbocycles. The third-order valence-corrected chi connectivity index (χ3v) is 5.68. The van der Waals surface area contributed by atoms with Crippen LogP contribution in [0.25, 0.3) is 0 Å². The topological polar surface area (TPSA) is 26.8 Å². The standard InChI is InChI=1S/C22H27N3O/c1-18(25-13-7-9-19-8-5-6-12-21(19)25)22(26)24-16-14-23(15-17-24)20-10-3-2-4-11-20/h2-6,8,10-12,18H,7,9,13-17H2,1H3. The van der Waals surface area contributed by atoms with Gasteiger partial charge in [-0.15, -0.1) is 0 Å². The highest BCUT2D eigenvalue weighted by Gasteiger charge is 2.30. The first-order chi connectivity index (χ1) is 12.7. The predicted molar refractivity (Wildman–Crippen MR) is 107 cm³/mol. The third kappa shape index (κ3) is 3.28. The van der Waals surface area contributed by atoms with Crippen molar-refractivity contribution in [3.63, 3.8) is 0 Å². The molecule has 136 valence electrons. The number of rotatable bonds is 3. The Morgan fingerprint density at radius 2 is 1.58 bits per heavy atom. The van der Waals surface area contributed by atoms with Crippen LogP contribution in [0, 0.1) is 0 Å². The van der Waals surface area contributed by atoms with E-state index in [1.54, 1.807) is 0 Å². The van der Waals surface area contributed by atoms with Gasteiger partial charge in [0, 0.05) is 44.1 Å². The monoisotopic (exact) mass is 349 g/mol. The summed E-state index contributed by atoms with van der Waals surface area (Å²) in [7, 11) is 0. The van der Waals surface area contributed by atoms with Gasteiger partial charge in [-0.25, -0.2) is 0 Å². The molecule has 2 aromatic rings. The van der Waals surface area contributed by atoms with E-state index in [9.17, 15) is 4.79 Å². The maximum absolute atomic E-state index is 13.1. The number of piperazine rings is 1. The molecule has 4 nitrogen and oxygen atoms in total. The number of fused-ring (bicyclic) bond motifs is 1. The Balaban J connectivity index is 1.41. The average molecular weight is 349 g/mol. The van der Waals surface area contributed by atoms with Crippen LogP contribution in [0.4, 0.5) is 11.4 Å². The van der Waals surface area contributed by atoms with Gasteiger partial charge in [0.15, 0.2) is 0 Å². The Bertz CT molecular complexity index is 753. The Hall–Kier alpha value is -2.49. The zero-order valence-corrected chi connectivity index (χ0v) is 15.5. The lowest BCUT2D eigenvalue weighted by molar-refractivity contribution is -0.132. The van der Waals surface area contributed by atoms with E-state index in [0.717, 1.165) is 45.6 Å². The highest BCUT2D eigenvalue weighted by Crippen LogP contribution is 2.29. The summed E-state index contributed by atoms with van der Waals surface area (Å²) >= 11 is 0. The first-order valence-electron chi connectivity index (χ1n) is 9.67. The number of aryl methyl sites for hydroxylation is 1. The molecule has 4 heteroatoms. The van der Waals surface area contributed by atoms with Gasteiger partial charge in [0.1, 0.15) is 6.04 Å². The van der Waals surface area contributed by atoms with Crippen LogP contribution in [0.5, 0.6) is 0 Å². The summed E-state index contributed by atoms with van der Waals surface area (Å²) in [6, 6.07) is 18.9. The third-order valence-electron chi connectivity index (χ3n) is 5.68. The number of carbonyl (C=O) groups is 1. The van der Waals surface area contributed by atoms with Crippen molar-refractivity contribution in [3.05, 3.63) is 60.2 Å². The van der Waals surface area contributed by atoms with Gasteiger partial charge < -0.3 is 14.7 Å². The number of amides is 1. The molecular weight excluding hydrogens is 322 g/mol. The van der Waals surface area contributed by atoms with E-state index >= 15 is 0 Å². The molecule has 0 spiro atoms. The Kier molecular flexibility index (Phi) is 4.83. The van der Waals surface area contributed by atoms with Crippen molar-refractivity contribution < 1.29 is 4.79 Å². The predicted octanol–water partition coefficient (Wildman–Crippen LogP) is 3.18. The fraction of sp³-hybridized carbons (Fsp3) is 0.409. The van der Waals surface area contributed by atoms with Crippen molar-refractivity contribution in [2.75, 3.05) is 42.5 Å². The summed E-state index contributed by atoms with van der Waals surface area (Å²) in [5.74, 6) is 0.259. The zero-order chi connectivity index (χ0) is 17.9. The molecule has 2 aliphatic heterocycles. The van der Waals surface area contributed by atoms with Crippen LogP contribution in [0.15, 0.2) is 54.6 Å². The van der Waals surface area contributed by atoms with E-state index in [1.807, 2.05) is 11.0 Å². The average Bonchev–Trinajstić information content (AvgIpc) is 2.73. The highest BCUT2D eigenvalue weighted by atomic mass is 16.2. The van der Waals surface area contributed by atoms with E-state index in [-0.39, 0.29) is 11.9 Å². The first kappa shape index (κ1) is 17.0. The van der Waals surface area contributed by atoms with Crippen molar-refractivity contribution in [1.82, 2.24) is 4.90 Å². The van der Waals surface area contributed by atoms with Crippen molar-refractivity contribution in [1.29, 1.82) is 0 Å². The summed E-state index contributed by atoms with van der Waals surface area (Å²) in [5, 5.41) is 0. The summed E-state index contributed by atoms with van der Waals surface area (Å²) in [4.78, 5) is 19.8. The molecule has 26 heavy (non-hydrogen) atoms. The maximum Gasteiger partial charge on any atom is 0.245 e. The summed E-state index contributed by atoms with van der Waals surface area (Å²) < 4.78 is 0. The SMILES string of the molecule is CC(C(=O)N1CCN(c2ccccc2)CC1)N1CCCc2ccccc21. The summed E-state index contributed by atoms with van der Waals surface area (Å²) in [6.07, 6.45) is 2.24. The fourth-order valence-electron chi connectivity index (χ4n) is 4.19. The van der Waals surface area contributed by atoms with Crippen LogP contribution < -0.4 is 9.80 Å². The lowest BCUT2D eigenvalue weighted by Gasteiger charge is -2.41. The first-order valence-corrected chi connectivity index (χ1v) is 9.67.